The van der Waals surface area contributed by atoms with Crippen LogP contribution < -0.4 is 10.6 Å². The summed E-state index contributed by atoms with van der Waals surface area (Å²) in [6.07, 6.45) is 0.834. The Balaban J connectivity index is 1.70. The maximum atomic E-state index is 12.9. The molecule has 1 aromatic heterocycles. The standard InChI is InChI=1S/C25H29Cl2N5O2S/c1-6-16-9-7-8-15(4)22(16)28-20(33)13-35-25-31-30-23(32(25)5)21(14(2)3)29-24(34)18-11-10-17(26)12-19(18)27/h7-12,14,21H,6,13H2,1-5H3,(H,28,33)(H,29,34)/t21-/m1/s1. The molecule has 2 amide bonds. The SMILES string of the molecule is CCc1cccc(C)c1NC(=O)CSc1nnc([C@H](NC(=O)c2ccc(Cl)cc2Cl)C(C)C)n1C. The normalized spacial score (nSPS) is 12.0. The van der Waals surface area contributed by atoms with Crippen molar-refractivity contribution in [2.24, 2.45) is 13.0 Å². The Kier molecular flexibility index (Phi) is 9.21. The van der Waals surface area contributed by atoms with Gasteiger partial charge in [-0.3, -0.25) is 9.59 Å². The molecule has 7 nitrogen and oxygen atoms in total. The molecule has 0 aliphatic heterocycles. The van der Waals surface area contributed by atoms with Crippen molar-refractivity contribution in [3.63, 3.8) is 0 Å². The Labute approximate surface area is 220 Å². The van der Waals surface area contributed by atoms with E-state index in [1.807, 2.05) is 46.0 Å². The summed E-state index contributed by atoms with van der Waals surface area (Å²) in [5.41, 5.74) is 3.32. The van der Waals surface area contributed by atoms with E-state index in [1.54, 1.807) is 16.7 Å². The van der Waals surface area contributed by atoms with Gasteiger partial charge in [-0.2, -0.15) is 0 Å². The molecular formula is C25H29Cl2N5O2S. The summed E-state index contributed by atoms with van der Waals surface area (Å²) in [5, 5.41) is 15.9. The number of hydrogen-bond donors (Lipinski definition) is 2. The topological polar surface area (TPSA) is 88.9 Å². The maximum absolute atomic E-state index is 12.9. The van der Waals surface area contributed by atoms with Crippen LogP contribution in [0.4, 0.5) is 5.69 Å². The number of para-hydroxylation sites is 1. The van der Waals surface area contributed by atoms with Gasteiger partial charge in [-0.15, -0.1) is 10.2 Å². The number of aromatic nitrogens is 3. The van der Waals surface area contributed by atoms with Gasteiger partial charge in [0.1, 0.15) is 0 Å². The second kappa shape index (κ2) is 11.9. The zero-order valence-corrected chi connectivity index (χ0v) is 22.7. The Hall–Kier alpha value is -2.55. The summed E-state index contributed by atoms with van der Waals surface area (Å²) in [6.45, 7) is 8.01. The molecular weight excluding hydrogens is 505 g/mol. The highest BCUT2D eigenvalue weighted by Crippen LogP contribution is 2.27. The van der Waals surface area contributed by atoms with Crippen LogP contribution in [0.15, 0.2) is 41.6 Å². The van der Waals surface area contributed by atoms with Crippen LogP contribution in [-0.2, 0) is 18.3 Å². The Bertz CT molecular complexity index is 1230. The van der Waals surface area contributed by atoms with Crippen molar-refractivity contribution in [3.8, 4) is 0 Å². The molecule has 0 radical (unpaired) electrons. The van der Waals surface area contributed by atoms with Crippen LogP contribution in [0.1, 0.15) is 54.1 Å². The molecule has 35 heavy (non-hydrogen) atoms. The average Bonchev–Trinajstić information content (AvgIpc) is 3.16. The molecule has 186 valence electrons. The number of rotatable bonds is 9. The second-order valence-electron chi connectivity index (χ2n) is 8.52. The van der Waals surface area contributed by atoms with Crippen molar-refractivity contribution >= 4 is 52.5 Å². The lowest BCUT2D eigenvalue weighted by molar-refractivity contribution is -0.113. The fraction of sp³-hybridized carbons (Fsp3) is 0.360. The van der Waals surface area contributed by atoms with Crippen LogP contribution in [-0.4, -0.2) is 32.3 Å². The van der Waals surface area contributed by atoms with E-state index in [9.17, 15) is 9.59 Å². The molecule has 3 rings (SSSR count). The fourth-order valence-corrected chi connectivity index (χ4v) is 4.86. The number of hydrogen-bond acceptors (Lipinski definition) is 5. The van der Waals surface area contributed by atoms with Gasteiger partial charge in [-0.1, -0.05) is 73.9 Å². The predicted molar refractivity (Wildman–Crippen MR) is 142 cm³/mol. The molecule has 0 saturated carbocycles. The Morgan fingerprint density at radius 3 is 2.54 bits per heavy atom. The number of halogens is 2. The minimum absolute atomic E-state index is 0.0302. The molecule has 2 aromatic carbocycles. The lowest BCUT2D eigenvalue weighted by Crippen LogP contribution is -2.33. The highest BCUT2D eigenvalue weighted by molar-refractivity contribution is 7.99. The molecule has 0 unspecified atom stereocenters. The summed E-state index contributed by atoms with van der Waals surface area (Å²) >= 11 is 13.4. The molecule has 0 spiro atoms. The number of anilines is 1. The van der Waals surface area contributed by atoms with E-state index in [-0.39, 0.29) is 28.5 Å². The van der Waals surface area contributed by atoms with Crippen molar-refractivity contribution in [2.45, 2.75) is 45.3 Å². The monoisotopic (exact) mass is 533 g/mol. The summed E-state index contributed by atoms with van der Waals surface area (Å²) in [5.74, 6) is 0.361. The smallest absolute Gasteiger partial charge is 0.253 e. The number of thioether (sulfide) groups is 1. The zero-order valence-electron chi connectivity index (χ0n) is 20.4. The van der Waals surface area contributed by atoms with Gasteiger partial charge in [0.25, 0.3) is 5.91 Å². The molecule has 0 aliphatic rings. The van der Waals surface area contributed by atoms with Crippen molar-refractivity contribution in [1.29, 1.82) is 0 Å². The molecule has 0 bridgehead atoms. The maximum Gasteiger partial charge on any atom is 0.253 e. The molecule has 2 N–H and O–H groups in total. The molecule has 0 saturated heterocycles. The van der Waals surface area contributed by atoms with E-state index in [2.05, 4.69) is 27.8 Å². The number of benzene rings is 2. The molecule has 3 aromatic rings. The van der Waals surface area contributed by atoms with Gasteiger partial charge in [0.2, 0.25) is 5.91 Å². The van der Waals surface area contributed by atoms with Crippen LogP contribution >= 0.6 is 35.0 Å². The first-order valence-electron chi connectivity index (χ1n) is 11.3. The molecule has 1 atom stereocenters. The zero-order chi connectivity index (χ0) is 25.7. The highest BCUT2D eigenvalue weighted by atomic mass is 35.5. The fourth-order valence-electron chi connectivity index (χ4n) is 3.65. The Morgan fingerprint density at radius 2 is 1.89 bits per heavy atom. The third-order valence-electron chi connectivity index (χ3n) is 5.61. The van der Waals surface area contributed by atoms with Gasteiger partial charge in [0.05, 0.1) is 22.4 Å². The van der Waals surface area contributed by atoms with Crippen LogP contribution in [0.3, 0.4) is 0 Å². The van der Waals surface area contributed by atoms with Crippen molar-refractivity contribution < 1.29 is 9.59 Å². The quantitative estimate of drug-likeness (QED) is 0.336. The van der Waals surface area contributed by atoms with E-state index >= 15 is 0 Å². The van der Waals surface area contributed by atoms with Gasteiger partial charge < -0.3 is 15.2 Å². The molecule has 0 fully saturated rings. The van der Waals surface area contributed by atoms with Crippen LogP contribution in [0.2, 0.25) is 10.0 Å². The number of carbonyl (C=O) groups excluding carboxylic acids is 2. The van der Waals surface area contributed by atoms with Crippen LogP contribution in [0, 0.1) is 12.8 Å². The number of aryl methyl sites for hydroxylation is 2. The first-order chi connectivity index (χ1) is 16.6. The third kappa shape index (κ3) is 6.57. The average molecular weight is 535 g/mol. The van der Waals surface area contributed by atoms with E-state index < -0.39 is 6.04 Å². The van der Waals surface area contributed by atoms with E-state index in [0.29, 0.717) is 21.6 Å². The minimum atomic E-state index is -0.408. The lowest BCUT2D eigenvalue weighted by Gasteiger charge is -2.22. The van der Waals surface area contributed by atoms with Crippen LogP contribution in [0.25, 0.3) is 0 Å². The van der Waals surface area contributed by atoms with Crippen molar-refractivity contribution in [2.75, 3.05) is 11.1 Å². The van der Waals surface area contributed by atoms with Gasteiger partial charge in [-0.05, 0) is 48.6 Å². The van der Waals surface area contributed by atoms with E-state index in [4.69, 9.17) is 23.2 Å². The largest absolute Gasteiger partial charge is 0.342 e. The first-order valence-corrected chi connectivity index (χ1v) is 13.0. The summed E-state index contributed by atoms with van der Waals surface area (Å²) in [4.78, 5) is 25.6. The minimum Gasteiger partial charge on any atom is -0.342 e. The van der Waals surface area contributed by atoms with E-state index in [1.165, 1.54) is 17.8 Å². The number of nitrogens with one attached hydrogen (secondary N) is 2. The summed E-state index contributed by atoms with van der Waals surface area (Å²) < 4.78 is 1.80. The summed E-state index contributed by atoms with van der Waals surface area (Å²) in [7, 11) is 1.82. The van der Waals surface area contributed by atoms with Gasteiger partial charge in [0.15, 0.2) is 11.0 Å². The molecule has 1 heterocycles. The van der Waals surface area contributed by atoms with Gasteiger partial charge in [-0.25, -0.2) is 0 Å². The number of nitrogens with zero attached hydrogens (tertiary/aromatic N) is 3. The Morgan fingerprint density at radius 1 is 1.14 bits per heavy atom. The second-order valence-corrected chi connectivity index (χ2v) is 10.3. The lowest BCUT2D eigenvalue weighted by atomic mass is 10.0. The number of carbonyl (C=O) groups is 2. The van der Waals surface area contributed by atoms with E-state index in [0.717, 1.165) is 23.2 Å². The van der Waals surface area contributed by atoms with Gasteiger partial charge >= 0.3 is 0 Å². The molecule has 10 heteroatoms. The highest BCUT2D eigenvalue weighted by Gasteiger charge is 2.26. The third-order valence-corrected chi connectivity index (χ3v) is 7.18. The summed E-state index contributed by atoms with van der Waals surface area (Å²) in [6, 6.07) is 10.3. The first kappa shape index (κ1) is 27.0. The molecule has 0 aliphatic carbocycles. The number of amides is 2. The van der Waals surface area contributed by atoms with Crippen molar-refractivity contribution in [1.82, 2.24) is 20.1 Å². The van der Waals surface area contributed by atoms with Crippen molar-refractivity contribution in [3.05, 3.63) is 69.0 Å². The van der Waals surface area contributed by atoms with Crippen LogP contribution in [0.5, 0.6) is 0 Å². The predicted octanol–water partition coefficient (Wildman–Crippen LogP) is 5.85. The van der Waals surface area contributed by atoms with Gasteiger partial charge in [0, 0.05) is 17.8 Å².